The molecule has 1 aliphatic heterocycles. The molecule has 4 unspecified atom stereocenters. The molecule has 1 saturated heterocycles. The fraction of sp³-hybridized carbons (Fsp3) is 0.917. The van der Waals surface area contributed by atoms with Crippen LogP contribution in [0.3, 0.4) is 0 Å². The first kappa shape index (κ1) is 14.4. The molecule has 1 saturated carbocycles. The van der Waals surface area contributed by atoms with Gasteiger partial charge < -0.3 is 13.7 Å². The van der Waals surface area contributed by atoms with Gasteiger partial charge in [0.2, 0.25) is 9.76 Å². The lowest BCUT2D eigenvalue weighted by Crippen LogP contribution is -2.28. The SMILES string of the molecule is CC(C)(C)[Si]OC[C@H]1C(OP)CC2OC(=O)CC21. The minimum atomic E-state index is -0.0736. The second-order valence-corrected chi connectivity index (χ2v) is 8.40. The lowest BCUT2D eigenvalue weighted by molar-refractivity contribution is -0.141. The average Bonchev–Trinajstić information content (AvgIpc) is 2.74. The largest absolute Gasteiger partial charge is 0.462 e. The highest BCUT2D eigenvalue weighted by atomic mass is 31.0. The van der Waals surface area contributed by atoms with Crippen LogP contribution in [0.4, 0.5) is 0 Å². The van der Waals surface area contributed by atoms with E-state index in [4.69, 9.17) is 13.7 Å². The quantitative estimate of drug-likeness (QED) is 0.451. The van der Waals surface area contributed by atoms with Gasteiger partial charge in [-0.2, -0.15) is 0 Å². The van der Waals surface area contributed by atoms with E-state index in [0.717, 1.165) is 6.42 Å². The summed E-state index contributed by atoms with van der Waals surface area (Å²) in [5, 5.41) is 0.192. The molecule has 0 aromatic heterocycles. The van der Waals surface area contributed by atoms with Crippen molar-refractivity contribution in [2.45, 2.75) is 50.9 Å². The smallest absolute Gasteiger partial charge is 0.306 e. The number of hydrogen-bond donors (Lipinski definition) is 0. The van der Waals surface area contributed by atoms with E-state index in [-0.39, 0.29) is 35.1 Å². The molecule has 102 valence electrons. The molecule has 4 nitrogen and oxygen atoms in total. The Hall–Kier alpha value is 0.0369. The summed E-state index contributed by atoms with van der Waals surface area (Å²) in [6.07, 6.45) is 1.48. The van der Waals surface area contributed by atoms with E-state index in [1.54, 1.807) is 0 Å². The van der Waals surface area contributed by atoms with Gasteiger partial charge in [0.05, 0.1) is 12.5 Å². The first-order valence-corrected chi connectivity index (χ1v) is 7.72. The van der Waals surface area contributed by atoms with Crippen LogP contribution in [-0.2, 0) is 18.5 Å². The Kier molecular flexibility index (Phi) is 4.47. The van der Waals surface area contributed by atoms with Crippen LogP contribution in [0.2, 0.25) is 5.04 Å². The van der Waals surface area contributed by atoms with Gasteiger partial charge in [0.15, 0.2) is 0 Å². The van der Waals surface area contributed by atoms with Gasteiger partial charge in [-0.1, -0.05) is 20.8 Å². The summed E-state index contributed by atoms with van der Waals surface area (Å²) in [7, 11) is 2.80. The first-order chi connectivity index (χ1) is 8.40. The summed E-state index contributed by atoms with van der Waals surface area (Å²) in [4.78, 5) is 11.3. The molecular weight excluding hydrogens is 267 g/mol. The average molecular weight is 288 g/mol. The molecular formula is C12H21O4PSi. The van der Waals surface area contributed by atoms with Gasteiger partial charge in [0, 0.05) is 34.3 Å². The third-order valence-electron chi connectivity index (χ3n) is 3.48. The summed E-state index contributed by atoms with van der Waals surface area (Å²) in [6.45, 7) is 7.14. The molecule has 2 radical (unpaired) electrons. The van der Waals surface area contributed by atoms with Crippen molar-refractivity contribution in [2.24, 2.45) is 11.8 Å². The maximum absolute atomic E-state index is 11.3. The second kappa shape index (κ2) is 5.57. The van der Waals surface area contributed by atoms with Crippen LogP contribution >= 0.6 is 9.47 Å². The van der Waals surface area contributed by atoms with Crippen molar-refractivity contribution in [3.63, 3.8) is 0 Å². The molecule has 0 spiro atoms. The van der Waals surface area contributed by atoms with Gasteiger partial charge in [0.1, 0.15) is 6.10 Å². The Morgan fingerprint density at radius 3 is 2.83 bits per heavy atom. The van der Waals surface area contributed by atoms with E-state index >= 15 is 0 Å². The van der Waals surface area contributed by atoms with Gasteiger partial charge in [-0.05, 0) is 5.04 Å². The highest BCUT2D eigenvalue weighted by Gasteiger charge is 2.50. The number of rotatable bonds is 4. The lowest BCUT2D eigenvalue weighted by atomic mass is 9.93. The van der Waals surface area contributed by atoms with Crippen LogP contribution in [-0.4, -0.2) is 34.5 Å². The minimum Gasteiger partial charge on any atom is -0.462 e. The van der Waals surface area contributed by atoms with Gasteiger partial charge in [-0.15, -0.1) is 0 Å². The van der Waals surface area contributed by atoms with Crippen LogP contribution < -0.4 is 0 Å². The Balaban J connectivity index is 1.90. The third-order valence-corrected chi connectivity index (χ3v) is 4.76. The van der Waals surface area contributed by atoms with E-state index in [2.05, 4.69) is 30.2 Å². The van der Waals surface area contributed by atoms with Crippen molar-refractivity contribution in [1.29, 1.82) is 0 Å². The van der Waals surface area contributed by atoms with Crippen molar-refractivity contribution >= 4 is 25.2 Å². The minimum absolute atomic E-state index is 0.0367. The number of carbonyl (C=O) groups excluding carboxylic acids is 1. The van der Waals surface area contributed by atoms with Gasteiger partial charge in [-0.25, -0.2) is 0 Å². The van der Waals surface area contributed by atoms with Crippen molar-refractivity contribution in [2.75, 3.05) is 6.61 Å². The maximum Gasteiger partial charge on any atom is 0.306 e. The molecule has 0 amide bonds. The Morgan fingerprint density at radius 1 is 1.50 bits per heavy atom. The molecule has 6 heteroatoms. The van der Waals surface area contributed by atoms with E-state index in [0.29, 0.717) is 22.8 Å². The molecule has 0 aromatic carbocycles. The highest BCUT2D eigenvalue weighted by Crippen LogP contribution is 2.43. The van der Waals surface area contributed by atoms with Crippen LogP contribution in [0.25, 0.3) is 0 Å². The molecule has 1 aliphatic carbocycles. The topological polar surface area (TPSA) is 44.8 Å². The van der Waals surface area contributed by atoms with Crippen molar-refractivity contribution < 1.29 is 18.5 Å². The second-order valence-electron chi connectivity index (χ2n) is 6.13. The molecule has 0 N–H and O–H groups in total. The Labute approximate surface area is 113 Å². The third kappa shape index (κ3) is 3.32. The standard InChI is InChI=1S/C12H21O4PSi/c1-12(2,3)18-14-6-8-7-4-11(13)15-9(7)5-10(8)16-17/h7-10H,4-6,17H2,1-3H3/t7?,8-,9?,10?/m1/s1. The molecule has 2 rings (SSSR count). The van der Waals surface area contributed by atoms with E-state index in [9.17, 15) is 4.79 Å². The predicted molar refractivity (Wildman–Crippen MR) is 72.1 cm³/mol. The van der Waals surface area contributed by atoms with Gasteiger partial charge >= 0.3 is 5.97 Å². The monoisotopic (exact) mass is 288 g/mol. The van der Waals surface area contributed by atoms with Crippen LogP contribution in [0.15, 0.2) is 0 Å². The first-order valence-electron chi connectivity index (χ1n) is 6.34. The molecule has 1 heterocycles. The number of carbonyl (C=O) groups is 1. The van der Waals surface area contributed by atoms with Crippen LogP contribution in [0, 0.1) is 11.8 Å². The lowest BCUT2D eigenvalue weighted by Gasteiger charge is -2.23. The summed E-state index contributed by atoms with van der Waals surface area (Å²) >= 11 is 0. The summed E-state index contributed by atoms with van der Waals surface area (Å²) < 4.78 is 16.6. The van der Waals surface area contributed by atoms with Crippen LogP contribution in [0.5, 0.6) is 0 Å². The predicted octanol–water partition coefficient (Wildman–Crippen LogP) is 1.97. The van der Waals surface area contributed by atoms with Crippen LogP contribution in [0.1, 0.15) is 33.6 Å². The van der Waals surface area contributed by atoms with Crippen molar-refractivity contribution in [1.82, 2.24) is 0 Å². The van der Waals surface area contributed by atoms with Crippen molar-refractivity contribution in [3.05, 3.63) is 0 Å². The molecule has 0 aromatic rings. The molecule has 5 atom stereocenters. The molecule has 0 bridgehead atoms. The number of fused-ring (bicyclic) bond motifs is 1. The number of esters is 1. The molecule has 18 heavy (non-hydrogen) atoms. The number of ether oxygens (including phenoxy) is 1. The zero-order valence-corrected chi connectivity index (χ0v) is 13.3. The Morgan fingerprint density at radius 2 is 2.22 bits per heavy atom. The fourth-order valence-corrected chi connectivity index (χ4v) is 3.72. The zero-order valence-electron chi connectivity index (χ0n) is 11.1. The highest BCUT2D eigenvalue weighted by molar-refractivity contribution is 7.09. The fourth-order valence-electron chi connectivity index (χ4n) is 2.70. The summed E-state index contributed by atoms with van der Waals surface area (Å²) in [5.74, 6) is 0.470. The maximum atomic E-state index is 11.3. The molecule has 2 fully saturated rings. The zero-order chi connectivity index (χ0) is 13.3. The van der Waals surface area contributed by atoms with E-state index < -0.39 is 0 Å². The van der Waals surface area contributed by atoms with E-state index in [1.165, 1.54) is 0 Å². The normalized spacial score (nSPS) is 35.7. The molecule has 2 aliphatic rings. The number of hydrogen-bond acceptors (Lipinski definition) is 4. The summed E-state index contributed by atoms with van der Waals surface area (Å²) in [6, 6.07) is 0. The van der Waals surface area contributed by atoms with E-state index in [1.807, 2.05) is 0 Å². The summed E-state index contributed by atoms with van der Waals surface area (Å²) in [5.41, 5.74) is 0. The van der Waals surface area contributed by atoms with Gasteiger partial charge in [-0.3, -0.25) is 4.79 Å². The Bertz CT molecular complexity index is 318. The van der Waals surface area contributed by atoms with Crippen molar-refractivity contribution in [3.8, 4) is 0 Å². The van der Waals surface area contributed by atoms with Gasteiger partial charge in [0.25, 0.3) is 0 Å².